The van der Waals surface area contributed by atoms with E-state index < -0.39 is 11.9 Å². The van der Waals surface area contributed by atoms with Crippen molar-refractivity contribution in [1.29, 1.82) is 0 Å². The molecule has 2 aromatic carbocycles. The minimum Gasteiger partial charge on any atom is -0.426 e. The second-order valence-corrected chi connectivity index (χ2v) is 9.34. The minimum atomic E-state index is -0.596. The summed E-state index contributed by atoms with van der Waals surface area (Å²) < 4.78 is 5.59. The molecule has 2 heterocycles. The van der Waals surface area contributed by atoms with E-state index >= 15 is 0 Å². The molecule has 2 fully saturated rings. The van der Waals surface area contributed by atoms with Crippen LogP contribution in [0.15, 0.2) is 54.6 Å². The maximum Gasteiger partial charge on any atom is 0.316 e. The van der Waals surface area contributed by atoms with Crippen LogP contribution in [0, 0.1) is 31.6 Å². The second-order valence-electron chi connectivity index (χ2n) is 9.34. The van der Waals surface area contributed by atoms with Crippen molar-refractivity contribution in [2.75, 3.05) is 16.3 Å². The summed E-state index contributed by atoms with van der Waals surface area (Å²) >= 11 is 0. The van der Waals surface area contributed by atoms with E-state index in [2.05, 4.69) is 0 Å². The summed E-state index contributed by atoms with van der Waals surface area (Å²) in [6.45, 7) is 4.19. The summed E-state index contributed by atoms with van der Waals surface area (Å²) in [4.78, 5) is 54.1. The molecular weight excluding hydrogens is 432 g/mol. The van der Waals surface area contributed by atoms with E-state index in [1.165, 1.54) is 11.0 Å². The molecule has 5 rings (SSSR count). The molecule has 0 radical (unpaired) electrons. The molecule has 7 nitrogen and oxygen atoms in total. The van der Waals surface area contributed by atoms with Gasteiger partial charge in [0.05, 0.1) is 23.4 Å². The number of carbonyl (C=O) groups excluding carboxylic acids is 4. The zero-order valence-electron chi connectivity index (χ0n) is 19.2. The molecule has 7 heteroatoms. The van der Waals surface area contributed by atoms with Crippen LogP contribution in [0.2, 0.25) is 0 Å². The Hall–Kier alpha value is -3.74. The Balaban J connectivity index is 1.30. The first-order valence-corrected chi connectivity index (χ1v) is 11.5. The highest BCUT2D eigenvalue weighted by molar-refractivity contribution is 6.22. The van der Waals surface area contributed by atoms with Crippen LogP contribution in [0.1, 0.15) is 30.4 Å². The normalized spacial score (nSPS) is 24.1. The minimum absolute atomic E-state index is 0.0744. The fourth-order valence-electron chi connectivity index (χ4n) is 5.16. The monoisotopic (exact) mass is 458 g/mol. The largest absolute Gasteiger partial charge is 0.426 e. The number of benzene rings is 2. The van der Waals surface area contributed by atoms with Gasteiger partial charge in [-0.15, -0.1) is 0 Å². The molecule has 3 amide bonds. The highest BCUT2D eigenvalue weighted by Crippen LogP contribution is 2.38. The van der Waals surface area contributed by atoms with E-state index in [0.29, 0.717) is 18.5 Å². The van der Waals surface area contributed by atoms with Gasteiger partial charge in [-0.05, 0) is 62.1 Å². The number of imide groups is 1. The summed E-state index contributed by atoms with van der Waals surface area (Å²) in [7, 11) is 0. The number of ether oxygens (including phenoxy) is 1. The summed E-state index contributed by atoms with van der Waals surface area (Å²) in [5, 5.41) is 0. The number of anilines is 2. The topological polar surface area (TPSA) is 84.0 Å². The van der Waals surface area contributed by atoms with E-state index in [-0.39, 0.29) is 48.3 Å². The molecule has 1 aliphatic carbocycles. The van der Waals surface area contributed by atoms with Crippen molar-refractivity contribution in [2.24, 2.45) is 17.8 Å². The average Bonchev–Trinajstić information content (AvgIpc) is 3.31. The first-order valence-electron chi connectivity index (χ1n) is 11.5. The lowest BCUT2D eigenvalue weighted by atomic mass is 9.85. The summed E-state index contributed by atoms with van der Waals surface area (Å²) in [6, 6.07) is 12.4. The van der Waals surface area contributed by atoms with Gasteiger partial charge in [0, 0.05) is 24.7 Å². The molecule has 2 saturated heterocycles. The molecule has 3 atom stereocenters. The zero-order valence-corrected chi connectivity index (χ0v) is 19.2. The molecule has 3 aliphatic rings. The molecule has 34 heavy (non-hydrogen) atoms. The summed E-state index contributed by atoms with van der Waals surface area (Å²) in [6.07, 6.45) is 5.09. The number of aryl methyl sites for hydroxylation is 2. The van der Waals surface area contributed by atoms with Gasteiger partial charge < -0.3 is 9.64 Å². The number of esters is 1. The number of amides is 3. The third-order valence-electron chi connectivity index (χ3n) is 6.78. The van der Waals surface area contributed by atoms with Crippen molar-refractivity contribution in [1.82, 2.24) is 0 Å². The van der Waals surface area contributed by atoms with Crippen LogP contribution in [0.4, 0.5) is 11.4 Å². The van der Waals surface area contributed by atoms with Crippen LogP contribution < -0.4 is 14.5 Å². The summed E-state index contributed by atoms with van der Waals surface area (Å²) in [5.74, 6) is -2.07. The second kappa shape index (κ2) is 8.56. The van der Waals surface area contributed by atoms with Crippen LogP contribution in [0.25, 0.3) is 0 Å². The average molecular weight is 459 g/mol. The Morgan fingerprint density at radius 2 is 1.53 bits per heavy atom. The van der Waals surface area contributed by atoms with Crippen molar-refractivity contribution in [3.05, 3.63) is 65.7 Å². The maximum atomic E-state index is 12.9. The van der Waals surface area contributed by atoms with Gasteiger partial charge in [0.25, 0.3) is 0 Å². The zero-order chi connectivity index (χ0) is 24.0. The van der Waals surface area contributed by atoms with E-state index in [1.807, 2.05) is 44.2 Å². The van der Waals surface area contributed by atoms with Crippen molar-refractivity contribution in [2.45, 2.75) is 33.1 Å². The highest BCUT2D eigenvalue weighted by atomic mass is 16.5. The molecule has 2 aliphatic heterocycles. The van der Waals surface area contributed by atoms with Gasteiger partial charge in [0.15, 0.2) is 0 Å². The Kier molecular flexibility index (Phi) is 5.55. The maximum absolute atomic E-state index is 12.9. The van der Waals surface area contributed by atoms with Gasteiger partial charge in [-0.2, -0.15) is 0 Å². The molecule has 0 aromatic heterocycles. The molecule has 0 bridgehead atoms. The smallest absolute Gasteiger partial charge is 0.316 e. The molecule has 0 spiro atoms. The van der Waals surface area contributed by atoms with Gasteiger partial charge in [0.1, 0.15) is 5.75 Å². The standard InChI is InChI=1S/C27H26N2O5/c1-16-10-17(2)12-20(11-16)28-15-18(13-24(28)30)27(33)34-21-7-5-6-19(14-21)29-25(31)22-8-3-4-9-23(22)26(29)32/h3-7,10-12,14,18,22-23H,8-9,13,15H2,1-2H3/t18-,22-,23+/m0/s1. The quantitative estimate of drug-likeness (QED) is 0.302. The summed E-state index contributed by atoms with van der Waals surface area (Å²) in [5.41, 5.74) is 3.27. The lowest BCUT2D eigenvalue weighted by molar-refractivity contribution is -0.139. The van der Waals surface area contributed by atoms with Crippen LogP contribution >= 0.6 is 0 Å². The Labute approximate surface area is 198 Å². The van der Waals surface area contributed by atoms with Gasteiger partial charge in [0.2, 0.25) is 17.7 Å². The number of nitrogens with zero attached hydrogens (tertiary/aromatic N) is 2. The van der Waals surface area contributed by atoms with Crippen molar-refractivity contribution in [3.63, 3.8) is 0 Å². The predicted molar refractivity (Wildman–Crippen MR) is 126 cm³/mol. The van der Waals surface area contributed by atoms with Gasteiger partial charge in [-0.3, -0.25) is 19.2 Å². The number of fused-ring (bicyclic) bond motifs is 1. The third-order valence-corrected chi connectivity index (χ3v) is 6.78. The van der Waals surface area contributed by atoms with E-state index in [4.69, 9.17) is 4.74 Å². The number of carbonyl (C=O) groups is 4. The van der Waals surface area contributed by atoms with Crippen LogP contribution in [-0.2, 0) is 19.2 Å². The molecule has 174 valence electrons. The van der Waals surface area contributed by atoms with E-state index in [0.717, 1.165) is 16.8 Å². The van der Waals surface area contributed by atoms with Crippen LogP contribution in [0.5, 0.6) is 5.75 Å². The Morgan fingerprint density at radius 1 is 0.882 bits per heavy atom. The number of allylic oxidation sites excluding steroid dienone is 2. The predicted octanol–water partition coefficient (Wildman–Crippen LogP) is 3.72. The third kappa shape index (κ3) is 3.91. The van der Waals surface area contributed by atoms with Gasteiger partial charge in [-0.1, -0.05) is 24.3 Å². The van der Waals surface area contributed by atoms with Crippen molar-refractivity contribution in [3.8, 4) is 5.75 Å². The Bertz CT molecular complexity index is 1190. The number of rotatable bonds is 4. The Morgan fingerprint density at radius 3 is 2.18 bits per heavy atom. The molecular formula is C27H26N2O5. The van der Waals surface area contributed by atoms with Crippen LogP contribution in [0.3, 0.4) is 0 Å². The molecule has 0 saturated carbocycles. The number of hydrogen-bond donors (Lipinski definition) is 0. The van der Waals surface area contributed by atoms with Crippen molar-refractivity contribution < 1.29 is 23.9 Å². The lowest BCUT2D eigenvalue weighted by Gasteiger charge is -2.18. The molecule has 0 unspecified atom stereocenters. The lowest BCUT2D eigenvalue weighted by Crippen LogP contribution is -2.31. The SMILES string of the molecule is Cc1cc(C)cc(N2C[C@@H](C(=O)Oc3cccc(N4C(=O)[C@H]5CC=CC[C@H]5C4=O)c3)CC2=O)c1. The van der Waals surface area contributed by atoms with Crippen LogP contribution in [-0.4, -0.2) is 30.2 Å². The fourth-order valence-corrected chi connectivity index (χ4v) is 5.16. The first kappa shape index (κ1) is 22.1. The molecule has 2 aromatic rings. The highest BCUT2D eigenvalue weighted by Gasteiger charge is 2.48. The van der Waals surface area contributed by atoms with Gasteiger partial charge in [-0.25, -0.2) is 4.90 Å². The molecule has 0 N–H and O–H groups in total. The fraction of sp³-hybridized carbons (Fsp3) is 0.333. The number of hydrogen-bond acceptors (Lipinski definition) is 5. The van der Waals surface area contributed by atoms with E-state index in [1.54, 1.807) is 23.1 Å². The van der Waals surface area contributed by atoms with E-state index in [9.17, 15) is 19.2 Å². The van der Waals surface area contributed by atoms with Crippen molar-refractivity contribution >= 4 is 35.1 Å². The van der Waals surface area contributed by atoms with Gasteiger partial charge >= 0.3 is 5.97 Å². The first-order chi connectivity index (χ1) is 16.3.